The van der Waals surface area contributed by atoms with E-state index in [2.05, 4.69) is 20.1 Å². The number of carbonyl (C=O) groups is 6. The fraction of sp³-hybridized carbons (Fsp3) is 0.227. The quantitative estimate of drug-likeness (QED) is 0.0538. The lowest BCUT2D eigenvalue weighted by Gasteiger charge is -2.21. The van der Waals surface area contributed by atoms with Crippen molar-refractivity contribution in [2.24, 2.45) is 17.8 Å². The van der Waals surface area contributed by atoms with E-state index < -0.39 is 35.7 Å². The molecule has 91 heavy (non-hydrogen) atoms. The molecular weight excluding hydrogens is 1280 g/mol. The Bertz CT molecular complexity index is 3990. The number of carboxylic acids is 3. The number of aryl methyl sites for hydroxylation is 2. The number of nitrogens with zero attached hydrogens (tertiary/aromatic N) is 8. The number of carboxylic acid groups (broad SMARTS) is 3. The number of methoxy groups -OCH3 is 1. The molecule has 19 nitrogen and oxygen atoms in total. The monoisotopic (exact) mass is 1340 g/mol. The fourth-order valence-corrected chi connectivity index (χ4v) is 13.1. The first-order valence-electron chi connectivity index (χ1n) is 28.1. The average molecular weight is 1340 g/mol. The largest absolute Gasteiger partial charge is 0.497 e. The Morgan fingerprint density at radius 1 is 0.495 bits per heavy atom. The van der Waals surface area contributed by atoms with Crippen LogP contribution in [0.15, 0.2) is 160 Å². The normalized spacial score (nSPS) is 11.8. The van der Waals surface area contributed by atoms with E-state index in [4.69, 9.17) is 37.4 Å². The van der Waals surface area contributed by atoms with Gasteiger partial charge in [-0.3, -0.25) is 43.5 Å². The van der Waals surface area contributed by atoms with Crippen LogP contribution in [-0.4, -0.2) is 104 Å². The number of thiazole rings is 4. The minimum absolute atomic E-state index is 0.176. The molecule has 5 heterocycles. The third-order valence-electron chi connectivity index (χ3n) is 14.1. The topological polar surface area (TPSA) is 260 Å². The van der Waals surface area contributed by atoms with E-state index in [1.807, 2.05) is 144 Å². The Hall–Kier alpha value is -8.97. The van der Waals surface area contributed by atoms with Crippen molar-refractivity contribution in [2.45, 2.75) is 52.4 Å². The summed E-state index contributed by atoms with van der Waals surface area (Å²) in [6.45, 7) is 3.61. The van der Waals surface area contributed by atoms with E-state index in [0.29, 0.717) is 54.7 Å². The van der Waals surface area contributed by atoms with Crippen molar-refractivity contribution in [3.05, 3.63) is 193 Å². The van der Waals surface area contributed by atoms with E-state index in [9.17, 15) is 44.1 Å². The number of hydrogen-bond donors (Lipinski definition) is 3. The zero-order valence-electron chi connectivity index (χ0n) is 50.1. The van der Waals surface area contributed by atoms with Gasteiger partial charge in [0.2, 0.25) is 17.7 Å². The lowest BCUT2D eigenvalue weighted by atomic mass is 9.95. The van der Waals surface area contributed by atoms with Gasteiger partial charge in [0, 0.05) is 88.3 Å². The second-order valence-electron chi connectivity index (χ2n) is 20.7. The molecule has 5 aromatic heterocycles. The van der Waals surface area contributed by atoms with E-state index in [-0.39, 0.29) is 49.8 Å². The summed E-state index contributed by atoms with van der Waals surface area (Å²) in [6, 6.07) is 41.6. The smallest absolute Gasteiger partial charge is 0.304 e. The Morgan fingerprint density at radius 3 is 1.35 bits per heavy atom. The van der Waals surface area contributed by atoms with Crippen LogP contribution < -0.4 is 19.4 Å². The van der Waals surface area contributed by atoms with Crippen molar-refractivity contribution >= 4 is 120 Å². The molecule has 0 fully saturated rings. The molecule has 10 rings (SSSR count). The van der Waals surface area contributed by atoms with E-state index >= 15 is 0 Å². The number of carbonyl (C=O) groups excluding carboxylic acids is 3. The Kier molecular flexibility index (Phi) is 24.0. The van der Waals surface area contributed by atoms with Crippen LogP contribution >= 0.6 is 68.5 Å². The van der Waals surface area contributed by atoms with Crippen LogP contribution in [0, 0.1) is 31.6 Å². The molecular formula is C66H62Cl2N8O11S4. The van der Waals surface area contributed by atoms with E-state index in [0.717, 1.165) is 55.5 Å². The molecule has 0 bridgehead atoms. The molecule has 25 heteroatoms. The lowest BCUT2D eigenvalue weighted by molar-refractivity contribution is -0.141. The van der Waals surface area contributed by atoms with E-state index in [1.54, 1.807) is 53.4 Å². The highest BCUT2D eigenvalue weighted by molar-refractivity contribution is 7.15. The number of aliphatic carboxylic acids is 3. The molecule has 3 N–H and O–H groups in total. The predicted octanol–water partition coefficient (Wildman–Crippen LogP) is 14.4. The Morgan fingerprint density at radius 2 is 0.923 bits per heavy atom. The van der Waals surface area contributed by atoms with Gasteiger partial charge in [0.1, 0.15) is 11.5 Å². The number of benzene rings is 5. The van der Waals surface area contributed by atoms with Crippen LogP contribution in [0.5, 0.6) is 5.75 Å². The third-order valence-corrected chi connectivity index (χ3v) is 18.3. The number of aromatic nitrogens is 5. The summed E-state index contributed by atoms with van der Waals surface area (Å²) in [5.41, 5.74) is 8.78. The first kappa shape index (κ1) is 68.0. The Labute approximate surface area is 550 Å². The summed E-state index contributed by atoms with van der Waals surface area (Å²) in [5, 5.41) is 42.6. The van der Waals surface area contributed by atoms with Crippen LogP contribution in [0.2, 0.25) is 10.0 Å². The minimum atomic E-state index is -1.05. The van der Waals surface area contributed by atoms with Gasteiger partial charge in [-0.25, -0.2) is 19.9 Å². The average Bonchev–Trinajstić information content (AvgIpc) is 2.02. The van der Waals surface area contributed by atoms with Gasteiger partial charge >= 0.3 is 17.9 Å². The molecule has 0 radical (unpaired) electrons. The second-order valence-corrected chi connectivity index (χ2v) is 25.1. The third kappa shape index (κ3) is 18.6. The van der Waals surface area contributed by atoms with Crippen molar-refractivity contribution in [2.75, 3.05) is 43.0 Å². The van der Waals surface area contributed by atoms with Crippen molar-refractivity contribution in [3.63, 3.8) is 0 Å². The maximum Gasteiger partial charge on any atom is 0.304 e. The molecule has 0 saturated carbocycles. The summed E-state index contributed by atoms with van der Waals surface area (Å²) < 4.78 is 10.4. The van der Waals surface area contributed by atoms with Crippen LogP contribution in [0.3, 0.4) is 0 Å². The summed E-state index contributed by atoms with van der Waals surface area (Å²) in [4.78, 5) is 95.6. The molecule has 0 aliphatic carbocycles. The zero-order chi connectivity index (χ0) is 65.3. The molecule has 5 aromatic carbocycles. The van der Waals surface area contributed by atoms with E-state index in [1.165, 1.54) is 60.0 Å². The van der Waals surface area contributed by atoms with Gasteiger partial charge in [-0.15, -0.1) is 45.3 Å². The van der Waals surface area contributed by atoms with Crippen molar-refractivity contribution in [1.82, 2.24) is 25.1 Å². The van der Waals surface area contributed by atoms with Crippen molar-refractivity contribution in [3.8, 4) is 50.6 Å². The van der Waals surface area contributed by atoms with Gasteiger partial charge in [0.25, 0.3) is 0 Å². The molecule has 3 atom stereocenters. The van der Waals surface area contributed by atoms with Gasteiger partial charge in [0.15, 0.2) is 15.4 Å². The maximum atomic E-state index is 13.3. The first-order chi connectivity index (χ1) is 43.6. The SMILES string of the molecule is COc1cccc(-c2ccccc2-c2csc(N(C)C(=O)[C@@H](CC(=O)O)Cc3ccccc3)n2)c1.Cc1cc(CC(CC(=O)O)C(=O)N(C)c2nc(-c3ccccc3Cl)cs2)no1.Cc1nc(CC(CC(=O)O)C(=O)N(C)c2nc(-c3ccccc3Cl)cs2)cs1. The highest BCUT2D eigenvalue weighted by atomic mass is 35.5. The molecule has 0 aliphatic rings. The van der Waals surface area contributed by atoms with Gasteiger partial charge < -0.3 is 24.6 Å². The van der Waals surface area contributed by atoms with Gasteiger partial charge in [-0.1, -0.05) is 131 Å². The lowest BCUT2D eigenvalue weighted by Crippen LogP contribution is -2.35. The molecule has 470 valence electrons. The summed E-state index contributed by atoms with van der Waals surface area (Å²) in [6.07, 6.45) is 0.000626. The fourth-order valence-electron chi connectivity index (χ4n) is 9.61. The molecule has 2 unspecified atom stereocenters. The van der Waals surface area contributed by atoms with Gasteiger partial charge in [0.05, 0.1) is 77.6 Å². The number of ether oxygens (including phenoxy) is 1. The molecule has 3 amide bonds. The Balaban J connectivity index is 0.000000178. The van der Waals surface area contributed by atoms with Gasteiger partial charge in [-0.2, -0.15) is 0 Å². The zero-order valence-corrected chi connectivity index (χ0v) is 54.8. The summed E-state index contributed by atoms with van der Waals surface area (Å²) in [7, 11) is 6.48. The molecule has 0 spiro atoms. The number of rotatable bonds is 23. The maximum absolute atomic E-state index is 13.3. The first-order valence-corrected chi connectivity index (χ1v) is 32.4. The predicted molar refractivity (Wildman–Crippen MR) is 358 cm³/mol. The number of halogens is 2. The molecule has 0 aliphatic heterocycles. The standard InChI is InChI=1S/C28H26N2O4S.C19H18ClN3O4S.C19H18ClN3O3S2/c1-30(27(33)21(17-26(31)32)15-19-9-4-3-5-10-19)28-29-25(18-35-28)24-14-7-6-13-23(24)20-11-8-12-22(16-20)34-2;1-11-7-13(22-27-11)8-12(9-17(24)25)18(26)23(2)19-21-16(10-28-19)14-5-3-4-6-15(14)20;1-11-21-13(9-27-11)7-12(8-17(24)25)18(26)23(2)19-22-16(10-28-19)14-5-3-4-6-15(14)20/h3-14,16,18,21H,15,17H2,1-2H3,(H,31,32);3-7,10,12H,8-9H2,1-2H3,(H,24,25);3-6,9-10,12H,7-8H2,1-2H3,(H,24,25)/t21-;;/m1../s1. The number of anilines is 3. The van der Waals surface area contributed by atoms with Crippen molar-refractivity contribution < 1.29 is 53.3 Å². The van der Waals surface area contributed by atoms with Crippen LogP contribution in [0.4, 0.5) is 15.4 Å². The number of hydrogen-bond acceptors (Lipinski definition) is 17. The minimum Gasteiger partial charge on any atom is -0.497 e. The van der Waals surface area contributed by atoms with Crippen LogP contribution in [0.1, 0.15) is 47.0 Å². The molecule has 0 saturated heterocycles. The van der Waals surface area contributed by atoms with Gasteiger partial charge in [-0.05, 0) is 61.2 Å². The molecule has 10 aromatic rings. The highest BCUT2D eigenvalue weighted by Gasteiger charge is 2.31. The summed E-state index contributed by atoms with van der Waals surface area (Å²) >= 11 is 17.9. The second kappa shape index (κ2) is 32.2. The number of amides is 3. The summed E-state index contributed by atoms with van der Waals surface area (Å²) in [5.74, 6) is -4.78. The van der Waals surface area contributed by atoms with Crippen molar-refractivity contribution in [1.29, 1.82) is 0 Å². The van der Waals surface area contributed by atoms with Crippen LogP contribution in [0.25, 0.3) is 44.9 Å². The van der Waals surface area contributed by atoms with Crippen LogP contribution in [-0.2, 0) is 48.0 Å². The highest BCUT2D eigenvalue weighted by Crippen LogP contribution is 2.38.